The number of aromatic nitrogens is 1. The molecule has 0 radical (unpaired) electrons. The summed E-state index contributed by atoms with van der Waals surface area (Å²) in [6.45, 7) is 6.37. The highest BCUT2D eigenvalue weighted by molar-refractivity contribution is 6.33. The van der Waals surface area contributed by atoms with E-state index in [0.717, 1.165) is 6.54 Å². The molecule has 0 spiro atoms. The van der Waals surface area contributed by atoms with Gasteiger partial charge in [-0.1, -0.05) is 11.6 Å². The molecule has 1 aromatic heterocycles. The number of piperazine rings is 1. The molecule has 2 heterocycles. The van der Waals surface area contributed by atoms with Gasteiger partial charge >= 0.3 is 0 Å². The van der Waals surface area contributed by atoms with E-state index in [0.29, 0.717) is 23.7 Å². The molecule has 1 aliphatic heterocycles. The van der Waals surface area contributed by atoms with Crippen LogP contribution in [-0.4, -0.2) is 41.0 Å². The van der Waals surface area contributed by atoms with Crippen molar-refractivity contribution in [3.05, 3.63) is 29.0 Å². The Hall–Kier alpha value is -0.840. The van der Waals surface area contributed by atoms with Crippen molar-refractivity contribution in [3.63, 3.8) is 0 Å². The third-order valence-corrected chi connectivity index (χ3v) is 3.16. The number of nitrogens with zero attached hydrogens (tertiary/aromatic N) is 2. The Balaban J connectivity index is 0.00000162. The van der Waals surface area contributed by atoms with Gasteiger partial charge in [0.25, 0.3) is 5.91 Å². The maximum Gasteiger partial charge on any atom is 0.255 e. The molecule has 100 valence electrons. The number of nitrogens with one attached hydrogen (secondary N) is 1. The summed E-state index contributed by atoms with van der Waals surface area (Å²) in [4.78, 5) is 18.0. The maximum atomic E-state index is 12.3. The van der Waals surface area contributed by atoms with Gasteiger partial charge in [0, 0.05) is 37.6 Å². The van der Waals surface area contributed by atoms with E-state index in [-0.39, 0.29) is 23.9 Å². The van der Waals surface area contributed by atoms with Crippen molar-refractivity contribution in [1.82, 2.24) is 15.2 Å². The minimum atomic E-state index is -0.0482. The molecule has 0 aliphatic carbocycles. The molecule has 0 unspecified atom stereocenters. The zero-order valence-electron chi connectivity index (χ0n) is 10.4. The minimum Gasteiger partial charge on any atom is -0.335 e. The molecule has 0 saturated carbocycles. The smallest absolute Gasteiger partial charge is 0.255 e. The van der Waals surface area contributed by atoms with Crippen LogP contribution >= 0.6 is 24.0 Å². The van der Waals surface area contributed by atoms with Crippen molar-refractivity contribution in [1.29, 1.82) is 0 Å². The Bertz CT molecular complexity index is 437. The number of carbonyl (C=O) groups is 1. The Morgan fingerprint density at radius 1 is 1.56 bits per heavy atom. The second-order valence-corrected chi connectivity index (χ2v) is 5.30. The summed E-state index contributed by atoms with van der Waals surface area (Å²) in [5.74, 6) is -0.0213. The molecule has 4 nitrogen and oxygen atoms in total. The van der Waals surface area contributed by atoms with Gasteiger partial charge in [-0.3, -0.25) is 9.78 Å². The molecule has 2 rings (SSSR count). The fourth-order valence-electron chi connectivity index (χ4n) is 2.03. The topological polar surface area (TPSA) is 45.2 Å². The molecule has 0 bridgehead atoms. The molecule has 1 amide bonds. The van der Waals surface area contributed by atoms with Crippen LogP contribution in [0.5, 0.6) is 0 Å². The molecule has 1 aromatic rings. The highest BCUT2D eigenvalue weighted by Crippen LogP contribution is 2.18. The van der Waals surface area contributed by atoms with Gasteiger partial charge in [-0.05, 0) is 19.9 Å². The second kappa shape index (κ2) is 5.87. The second-order valence-electron chi connectivity index (χ2n) is 4.89. The fraction of sp³-hybridized carbons (Fsp3) is 0.500. The van der Waals surface area contributed by atoms with E-state index < -0.39 is 0 Å². The van der Waals surface area contributed by atoms with Crippen molar-refractivity contribution in [2.45, 2.75) is 19.4 Å². The van der Waals surface area contributed by atoms with Crippen molar-refractivity contribution in [2.24, 2.45) is 0 Å². The first-order chi connectivity index (χ1) is 7.99. The average Bonchev–Trinajstić information content (AvgIpc) is 2.27. The zero-order valence-corrected chi connectivity index (χ0v) is 12.0. The normalized spacial score (nSPS) is 18.1. The third-order valence-electron chi connectivity index (χ3n) is 2.86. The lowest BCUT2D eigenvalue weighted by Crippen LogP contribution is -2.58. The van der Waals surface area contributed by atoms with Crippen LogP contribution in [0, 0.1) is 0 Å². The minimum absolute atomic E-state index is 0. The summed E-state index contributed by atoms with van der Waals surface area (Å²) in [6.07, 6.45) is 3.09. The van der Waals surface area contributed by atoms with Gasteiger partial charge < -0.3 is 10.2 Å². The van der Waals surface area contributed by atoms with Crippen LogP contribution in [0.15, 0.2) is 18.5 Å². The van der Waals surface area contributed by atoms with Gasteiger partial charge in [-0.2, -0.15) is 0 Å². The van der Waals surface area contributed by atoms with Crippen molar-refractivity contribution < 1.29 is 4.79 Å². The van der Waals surface area contributed by atoms with E-state index in [9.17, 15) is 4.79 Å². The van der Waals surface area contributed by atoms with E-state index in [1.54, 1.807) is 12.3 Å². The van der Waals surface area contributed by atoms with Crippen LogP contribution in [0.4, 0.5) is 0 Å². The summed E-state index contributed by atoms with van der Waals surface area (Å²) in [5, 5.41) is 3.78. The SMILES string of the molecule is CC1(C)CN(C(=O)c2ccncc2Cl)CCN1.Cl. The van der Waals surface area contributed by atoms with E-state index in [1.165, 1.54) is 6.20 Å². The van der Waals surface area contributed by atoms with E-state index >= 15 is 0 Å². The molecule has 0 atom stereocenters. The number of hydrogen-bond donors (Lipinski definition) is 1. The van der Waals surface area contributed by atoms with Crippen LogP contribution < -0.4 is 5.32 Å². The first-order valence-electron chi connectivity index (χ1n) is 5.63. The van der Waals surface area contributed by atoms with Gasteiger partial charge in [-0.15, -0.1) is 12.4 Å². The maximum absolute atomic E-state index is 12.3. The molecule has 1 aliphatic rings. The molecule has 0 aromatic carbocycles. The van der Waals surface area contributed by atoms with E-state index in [1.807, 2.05) is 4.90 Å². The standard InChI is InChI=1S/C12H16ClN3O.ClH/c1-12(2)8-16(6-5-15-12)11(17)9-3-4-14-7-10(9)13;/h3-4,7,15H,5-6,8H2,1-2H3;1H. The lowest BCUT2D eigenvalue weighted by atomic mass is 10.0. The quantitative estimate of drug-likeness (QED) is 0.860. The summed E-state index contributed by atoms with van der Waals surface area (Å²) in [7, 11) is 0. The molecule has 6 heteroatoms. The predicted molar refractivity (Wildman–Crippen MR) is 74.5 cm³/mol. The largest absolute Gasteiger partial charge is 0.335 e. The number of hydrogen-bond acceptors (Lipinski definition) is 3. The van der Waals surface area contributed by atoms with Gasteiger partial charge in [-0.25, -0.2) is 0 Å². The molecule has 18 heavy (non-hydrogen) atoms. The Kier molecular flexibility index (Phi) is 4.96. The summed E-state index contributed by atoms with van der Waals surface area (Å²) in [6, 6.07) is 1.67. The molecular formula is C12H17Cl2N3O. The fourth-order valence-corrected chi connectivity index (χ4v) is 2.23. The lowest BCUT2D eigenvalue weighted by molar-refractivity contribution is 0.0652. The molecule has 1 fully saturated rings. The Morgan fingerprint density at radius 3 is 2.89 bits per heavy atom. The van der Waals surface area contributed by atoms with Gasteiger partial charge in [0.15, 0.2) is 0 Å². The first kappa shape index (κ1) is 15.2. The van der Waals surface area contributed by atoms with Crippen LogP contribution in [0.25, 0.3) is 0 Å². The van der Waals surface area contributed by atoms with Crippen LogP contribution in [-0.2, 0) is 0 Å². The highest BCUT2D eigenvalue weighted by Gasteiger charge is 2.29. The first-order valence-corrected chi connectivity index (χ1v) is 6.01. The third kappa shape index (κ3) is 3.34. The van der Waals surface area contributed by atoms with Crippen molar-refractivity contribution >= 4 is 29.9 Å². The number of carbonyl (C=O) groups excluding carboxylic acids is 1. The lowest BCUT2D eigenvalue weighted by Gasteiger charge is -2.39. The van der Waals surface area contributed by atoms with Crippen LogP contribution in [0.2, 0.25) is 5.02 Å². The van der Waals surface area contributed by atoms with Crippen LogP contribution in [0.1, 0.15) is 24.2 Å². The summed E-state index contributed by atoms with van der Waals surface area (Å²) >= 11 is 5.98. The highest BCUT2D eigenvalue weighted by atomic mass is 35.5. The Labute approximate surface area is 118 Å². The number of rotatable bonds is 1. The van der Waals surface area contributed by atoms with E-state index in [4.69, 9.17) is 11.6 Å². The van der Waals surface area contributed by atoms with Crippen molar-refractivity contribution in [3.8, 4) is 0 Å². The predicted octanol–water partition coefficient (Wildman–Crippen LogP) is 1.98. The van der Waals surface area contributed by atoms with Gasteiger partial charge in [0.1, 0.15) is 0 Å². The summed E-state index contributed by atoms with van der Waals surface area (Å²) < 4.78 is 0. The van der Waals surface area contributed by atoms with Crippen molar-refractivity contribution in [2.75, 3.05) is 19.6 Å². The summed E-state index contributed by atoms with van der Waals surface area (Å²) in [5.41, 5.74) is 0.479. The molecule has 1 N–H and O–H groups in total. The molecule has 1 saturated heterocycles. The molecular weight excluding hydrogens is 273 g/mol. The zero-order chi connectivity index (χ0) is 12.5. The monoisotopic (exact) mass is 289 g/mol. The number of amides is 1. The van der Waals surface area contributed by atoms with E-state index in [2.05, 4.69) is 24.1 Å². The van der Waals surface area contributed by atoms with Crippen LogP contribution in [0.3, 0.4) is 0 Å². The number of pyridine rings is 1. The Morgan fingerprint density at radius 2 is 2.28 bits per heavy atom. The number of halogens is 2. The van der Waals surface area contributed by atoms with Gasteiger partial charge in [0.05, 0.1) is 10.6 Å². The average molecular weight is 290 g/mol. The van der Waals surface area contributed by atoms with Gasteiger partial charge in [0.2, 0.25) is 0 Å².